The minimum atomic E-state index is -5.83. The summed E-state index contributed by atoms with van der Waals surface area (Å²) in [4.78, 5) is 8.05. The molecule has 1 saturated heterocycles. The fraction of sp³-hybridized carbons (Fsp3) is 0.375. The topological polar surface area (TPSA) is 78.4 Å². The summed E-state index contributed by atoms with van der Waals surface area (Å²) in [5.74, 6) is -0.683. The van der Waals surface area contributed by atoms with E-state index < -0.39 is 21.5 Å². The van der Waals surface area contributed by atoms with Gasteiger partial charge in [0.15, 0.2) is 0 Å². The van der Waals surface area contributed by atoms with Crippen LogP contribution in [0.2, 0.25) is 0 Å². The summed E-state index contributed by atoms with van der Waals surface area (Å²) >= 11 is 0. The Morgan fingerprint density at radius 3 is 2.58 bits per heavy atom. The summed E-state index contributed by atoms with van der Waals surface area (Å²) in [5.41, 5.74) is -4.45. The van der Waals surface area contributed by atoms with Gasteiger partial charge in [-0.2, -0.15) is 21.6 Å². The molecule has 0 aliphatic carbocycles. The molecule has 1 unspecified atom stereocenters. The molecule has 2 aromatic rings. The van der Waals surface area contributed by atoms with Crippen molar-refractivity contribution < 1.29 is 30.5 Å². The zero-order valence-corrected chi connectivity index (χ0v) is 14.3. The Balaban J connectivity index is 1.97. The van der Waals surface area contributed by atoms with Crippen LogP contribution >= 0.6 is 0 Å². The van der Waals surface area contributed by atoms with Gasteiger partial charge in [0.1, 0.15) is 5.69 Å². The summed E-state index contributed by atoms with van der Waals surface area (Å²) in [5, 5.41) is 0. The molecule has 1 aliphatic rings. The van der Waals surface area contributed by atoms with Crippen LogP contribution in [0.4, 0.5) is 13.2 Å². The molecule has 26 heavy (non-hydrogen) atoms. The van der Waals surface area contributed by atoms with Crippen LogP contribution in [-0.4, -0.2) is 36.6 Å². The monoisotopic (exact) mass is 388 g/mol. The first-order valence-electron chi connectivity index (χ1n) is 7.80. The third kappa shape index (κ3) is 4.13. The van der Waals surface area contributed by atoms with Gasteiger partial charge < -0.3 is 8.92 Å². The predicted molar refractivity (Wildman–Crippen MR) is 85.7 cm³/mol. The fourth-order valence-corrected chi connectivity index (χ4v) is 2.98. The lowest BCUT2D eigenvalue weighted by atomic mass is 10.1. The Morgan fingerprint density at radius 1 is 1.23 bits per heavy atom. The van der Waals surface area contributed by atoms with Crippen LogP contribution in [0.15, 0.2) is 36.5 Å². The van der Waals surface area contributed by atoms with E-state index in [1.165, 1.54) is 6.20 Å². The van der Waals surface area contributed by atoms with Crippen LogP contribution in [0.1, 0.15) is 18.5 Å². The maximum atomic E-state index is 12.6. The first kappa shape index (κ1) is 18.6. The predicted octanol–water partition coefficient (Wildman–Crippen LogP) is 3.09. The SMILES string of the molecule is O=S(=O)(Oc1ncc(-c2ccccc2)nc1CC1CCCO1)C(F)(F)F. The molecular weight excluding hydrogens is 373 g/mol. The van der Waals surface area contributed by atoms with Crippen LogP contribution in [0, 0.1) is 0 Å². The summed E-state index contributed by atoms with van der Waals surface area (Å²) in [7, 11) is -5.83. The van der Waals surface area contributed by atoms with Gasteiger partial charge in [-0.25, -0.2) is 9.97 Å². The van der Waals surface area contributed by atoms with E-state index >= 15 is 0 Å². The van der Waals surface area contributed by atoms with E-state index in [2.05, 4.69) is 14.2 Å². The Bertz CT molecular complexity index is 867. The number of benzene rings is 1. The molecule has 1 fully saturated rings. The van der Waals surface area contributed by atoms with Crippen molar-refractivity contribution in [3.05, 3.63) is 42.2 Å². The number of alkyl halides is 3. The zero-order valence-electron chi connectivity index (χ0n) is 13.4. The Labute approximate surface area is 148 Å². The van der Waals surface area contributed by atoms with Gasteiger partial charge in [-0.05, 0) is 12.8 Å². The largest absolute Gasteiger partial charge is 0.534 e. The molecule has 2 heterocycles. The molecule has 140 valence electrons. The Hall–Kier alpha value is -2.20. The van der Waals surface area contributed by atoms with Crippen molar-refractivity contribution in [3.8, 4) is 17.1 Å². The summed E-state index contributed by atoms with van der Waals surface area (Å²) < 4.78 is 70.2. The minimum Gasteiger partial charge on any atom is -0.378 e. The number of aromatic nitrogens is 2. The van der Waals surface area contributed by atoms with Crippen LogP contribution in [0.25, 0.3) is 11.3 Å². The zero-order chi connectivity index (χ0) is 18.8. The van der Waals surface area contributed by atoms with Gasteiger partial charge >= 0.3 is 15.6 Å². The number of nitrogens with zero attached hydrogens (tertiary/aromatic N) is 2. The molecule has 0 bridgehead atoms. The van der Waals surface area contributed by atoms with E-state index in [1.54, 1.807) is 30.3 Å². The molecule has 0 saturated carbocycles. The highest BCUT2D eigenvalue weighted by molar-refractivity contribution is 7.87. The lowest BCUT2D eigenvalue weighted by Gasteiger charge is -2.14. The van der Waals surface area contributed by atoms with Crippen molar-refractivity contribution in [2.45, 2.75) is 30.9 Å². The Kier molecular flexibility index (Phi) is 5.15. The highest BCUT2D eigenvalue weighted by Gasteiger charge is 2.49. The number of ether oxygens (including phenoxy) is 1. The standard InChI is InChI=1S/C16H15F3N2O4S/c17-16(18,19)26(22,23)25-15-13(9-12-7-4-8-24-12)21-14(10-20-15)11-5-2-1-3-6-11/h1-3,5-6,10,12H,4,7-9H2. The lowest BCUT2D eigenvalue weighted by molar-refractivity contribution is -0.0501. The van der Waals surface area contributed by atoms with Gasteiger partial charge in [-0.1, -0.05) is 30.3 Å². The summed E-state index contributed by atoms with van der Waals surface area (Å²) in [6.45, 7) is 0.535. The van der Waals surface area contributed by atoms with E-state index in [1.807, 2.05) is 0 Å². The first-order valence-corrected chi connectivity index (χ1v) is 9.21. The van der Waals surface area contributed by atoms with Crippen LogP contribution in [-0.2, 0) is 21.3 Å². The molecule has 0 N–H and O–H groups in total. The van der Waals surface area contributed by atoms with Crippen LogP contribution < -0.4 is 4.18 Å². The van der Waals surface area contributed by atoms with Crippen molar-refractivity contribution in [3.63, 3.8) is 0 Å². The van der Waals surface area contributed by atoms with Crippen LogP contribution in [0.5, 0.6) is 5.88 Å². The van der Waals surface area contributed by atoms with Gasteiger partial charge in [0, 0.05) is 18.6 Å². The van der Waals surface area contributed by atoms with E-state index in [9.17, 15) is 21.6 Å². The second-order valence-corrected chi connectivity index (χ2v) is 7.23. The minimum absolute atomic E-state index is 0.00563. The van der Waals surface area contributed by atoms with E-state index in [0.29, 0.717) is 24.3 Å². The second-order valence-electron chi connectivity index (χ2n) is 5.70. The molecule has 1 atom stereocenters. The van der Waals surface area contributed by atoms with Gasteiger partial charge in [0.2, 0.25) is 0 Å². The molecule has 1 aromatic heterocycles. The van der Waals surface area contributed by atoms with Gasteiger partial charge in [0.25, 0.3) is 5.88 Å². The first-order chi connectivity index (χ1) is 12.3. The number of hydrogen-bond acceptors (Lipinski definition) is 6. The van der Waals surface area contributed by atoms with Gasteiger partial charge in [-0.3, -0.25) is 0 Å². The molecule has 1 aliphatic heterocycles. The smallest absolute Gasteiger partial charge is 0.378 e. The normalized spacial score (nSPS) is 18.0. The molecule has 6 nitrogen and oxygen atoms in total. The summed E-state index contributed by atoms with van der Waals surface area (Å²) in [6.07, 6.45) is 2.52. The fourth-order valence-electron chi connectivity index (χ4n) is 2.54. The van der Waals surface area contributed by atoms with Gasteiger partial charge in [0.05, 0.1) is 18.0 Å². The number of rotatable bonds is 5. The molecule has 1 aromatic carbocycles. The molecule has 0 radical (unpaired) electrons. The lowest BCUT2D eigenvalue weighted by Crippen LogP contribution is -2.29. The third-order valence-corrected chi connectivity index (χ3v) is 4.74. The van der Waals surface area contributed by atoms with E-state index in [0.717, 1.165) is 6.42 Å². The van der Waals surface area contributed by atoms with Gasteiger partial charge in [-0.15, -0.1) is 0 Å². The second kappa shape index (κ2) is 7.20. The third-order valence-electron chi connectivity index (χ3n) is 3.79. The van der Waals surface area contributed by atoms with E-state index in [-0.39, 0.29) is 18.2 Å². The highest BCUT2D eigenvalue weighted by Crippen LogP contribution is 2.30. The van der Waals surface area contributed by atoms with Crippen molar-refractivity contribution in [2.75, 3.05) is 6.61 Å². The molecule has 10 heteroatoms. The summed E-state index contributed by atoms with van der Waals surface area (Å²) in [6, 6.07) is 8.86. The average molecular weight is 388 g/mol. The number of halogens is 3. The number of hydrogen-bond donors (Lipinski definition) is 0. The average Bonchev–Trinajstić information content (AvgIpc) is 3.09. The van der Waals surface area contributed by atoms with Crippen molar-refractivity contribution in [1.29, 1.82) is 0 Å². The van der Waals surface area contributed by atoms with Crippen molar-refractivity contribution in [1.82, 2.24) is 9.97 Å². The van der Waals surface area contributed by atoms with E-state index in [4.69, 9.17) is 4.74 Å². The quantitative estimate of drug-likeness (QED) is 0.579. The molecule has 3 rings (SSSR count). The highest BCUT2D eigenvalue weighted by atomic mass is 32.2. The maximum Gasteiger partial charge on any atom is 0.534 e. The Morgan fingerprint density at radius 2 is 1.96 bits per heavy atom. The molecular formula is C16H15F3N2O4S. The molecule has 0 spiro atoms. The van der Waals surface area contributed by atoms with Crippen molar-refractivity contribution >= 4 is 10.1 Å². The van der Waals surface area contributed by atoms with Crippen LogP contribution in [0.3, 0.4) is 0 Å². The molecule has 0 amide bonds. The maximum absolute atomic E-state index is 12.6. The van der Waals surface area contributed by atoms with Crippen molar-refractivity contribution in [2.24, 2.45) is 0 Å².